The molecule has 2 aliphatic rings. The number of halogens is 1. The number of hydrogen-bond donors (Lipinski definition) is 0. The molecule has 128 valence electrons. The highest BCUT2D eigenvalue weighted by molar-refractivity contribution is 5.54. The largest absolute Gasteiger partial charge is 0.381 e. The van der Waals surface area contributed by atoms with Gasteiger partial charge in [-0.25, -0.2) is 4.39 Å². The maximum atomic E-state index is 13.7. The third-order valence-electron chi connectivity index (χ3n) is 4.82. The number of ether oxygens (including phenoxy) is 1. The number of hydrogen-bond acceptors (Lipinski definition) is 5. The summed E-state index contributed by atoms with van der Waals surface area (Å²) in [7, 11) is 0. The predicted molar refractivity (Wildman–Crippen MR) is 86.8 cm³/mol. The Morgan fingerprint density at radius 1 is 1.29 bits per heavy atom. The van der Waals surface area contributed by atoms with Crippen LogP contribution in [0.2, 0.25) is 0 Å². The Bertz CT molecular complexity index is 708. The van der Waals surface area contributed by atoms with Crippen LogP contribution < -0.4 is 0 Å². The zero-order chi connectivity index (χ0) is 16.5. The molecule has 1 atom stereocenters. The van der Waals surface area contributed by atoms with E-state index < -0.39 is 0 Å². The summed E-state index contributed by atoms with van der Waals surface area (Å²) in [5.41, 5.74) is 1.26. The second-order valence-corrected chi connectivity index (χ2v) is 6.87. The first kappa shape index (κ1) is 15.7. The van der Waals surface area contributed by atoms with Gasteiger partial charge in [-0.2, -0.15) is 4.98 Å². The van der Waals surface area contributed by atoms with Gasteiger partial charge in [0.2, 0.25) is 11.7 Å². The summed E-state index contributed by atoms with van der Waals surface area (Å²) in [5, 5.41) is 4.02. The van der Waals surface area contributed by atoms with Crippen LogP contribution in [0.5, 0.6) is 0 Å². The molecule has 24 heavy (non-hydrogen) atoms. The van der Waals surface area contributed by atoms with Crippen LogP contribution in [0.15, 0.2) is 22.7 Å². The van der Waals surface area contributed by atoms with E-state index in [1.807, 2.05) is 6.07 Å². The van der Waals surface area contributed by atoms with Gasteiger partial charge in [-0.3, -0.25) is 4.90 Å². The van der Waals surface area contributed by atoms with Crippen LogP contribution in [0.4, 0.5) is 4.39 Å². The molecule has 1 saturated carbocycles. The summed E-state index contributed by atoms with van der Waals surface area (Å²) in [6.45, 7) is 5.12. The van der Waals surface area contributed by atoms with Crippen LogP contribution in [-0.4, -0.2) is 40.8 Å². The molecule has 5 nitrogen and oxygen atoms in total. The highest BCUT2D eigenvalue weighted by Crippen LogP contribution is 2.30. The molecule has 1 aliphatic heterocycles. The van der Waals surface area contributed by atoms with Crippen molar-refractivity contribution >= 4 is 0 Å². The third-order valence-corrected chi connectivity index (χ3v) is 4.82. The van der Waals surface area contributed by atoms with Crippen molar-refractivity contribution in [3.8, 4) is 11.4 Å². The molecule has 1 saturated heterocycles. The molecular formula is C18H22FN3O2. The first-order valence-corrected chi connectivity index (χ1v) is 8.60. The second kappa shape index (κ2) is 6.61. The maximum Gasteiger partial charge on any atom is 0.241 e. The molecule has 2 heterocycles. The van der Waals surface area contributed by atoms with Crippen molar-refractivity contribution < 1.29 is 13.7 Å². The molecule has 0 amide bonds. The van der Waals surface area contributed by atoms with Crippen molar-refractivity contribution in [3.05, 3.63) is 35.5 Å². The summed E-state index contributed by atoms with van der Waals surface area (Å²) >= 11 is 0. The van der Waals surface area contributed by atoms with Crippen molar-refractivity contribution in [1.82, 2.24) is 15.0 Å². The fraction of sp³-hybridized carbons (Fsp3) is 0.556. The average molecular weight is 331 g/mol. The van der Waals surface area contributed by atoms with E-state index in [4.69, 9.17) is 9.26 Å². The summed E-state index contributed by atoms with van der Waals surface area (Å²) in [6.07, 6.45) is 3.59. The molecule has 0 bridgehead atoms. The minimum absolute atomic E-state index is 0.250. The van der Waals surface area contributed by atoms with Crippen molar-refractivity contribution in [2.24, 2.45) is 5.92 Å². The summed E-state index contributed by atoms with van der Waals surface area (Å²) in [4.78, 5) is 6.88. The highest BCUT2D eigenvalue weighted by Gasteiger charge is 2.32. The number of rotatable bonds is 6. The van der Waals surface area contributed by atoms with Gasteiger partial charge in [0.1, 0.15) is 5.82 Å². The van der Waals surface area contributed by atoms with Gasteiger partial charge in [-0.1, -0.05) is 17.3 Å². The summed E-state index contributed by atoms with van der Waals surface area (Å²) < 4.78 is 24.6. The van der Waals surface area contributed by atoms with Gasteiger partial charge in [0, 0.05) is 24.8 Å². The molecule has 1 aromatic heterocycles. The molecular weight excluding hydrogens is 309 g/mol. The average Bonchev–Trinajstić information content (AvgIpc) is 3.10. The zero-order valence-electron chi connectivity index (χ0n) is 13.9. The van der Waals surface area contributed by atoms with E-state index in [1.54, 1.807) is 13.0 Å². The Labute approximate surface area is 140 Å². The van der Waals surface area contributed by atoms with Crippen LogP contribution in [0.25, 0.3) is 11.4 Å². The lowest BCUT2D eigenvalue weighted by Crippen LogP contribution is -2.31. The SMILES string of the molecule is Cc1ccc(-c2noc(CN(C[C@@H]3CCOC3)C3CC3)n2)cc1F. The number of aryl methyl sites for hydroxylation is 1. The number of aromatic nitrogens is 2. The van der Waals surface area contributed by atoms with Crippen LogP contribution in [0.3, 0.4) is 0 Å². The lowest BCUT2D eigenvalue weighted by Gasteiger charge is -2.22. The minimum Gasteiger partial charge on any atom is -0.381 e. The van der Waals surface area contributed by atoms with Gasteiger partial charge in [0.05, 0.1) is 13.2 Å². The van der Waals surface area contributed by atoms with Gasteiger partial charge >= 0.3 is 0 Å². The molecule has 6 heteroatoms. The van der Waals surface area contributed by atoms with Gasteiger partial charge < -0.3 is 9.26 Å². The number of benzene rings is 1. The Hall–Kier alpha value is -1.79. The fourth-order valence-corrected chi connectivity index (χ4v) is 3.18. The van der Waals surface area contributed by atoms with E-state index in [9.17, 15) is 4.39 Å². The van der Waals surface area contributed by atoms with Gasteiger partial charge in [-0.15, -0.1) is 0 Å². The van der Waals surface area contributed by atoms with Crippen LogP contribution in [-0.2, 0) is 11.3 Å². The zero-order valence-corrected chi connectivity index (χ0v) is 13.9. The fourth-order valence-electron chi connectivity index (χ4n) is 3.18. The van der Waals surface area contributed by atoms with Crippen LogP contribution in [0, 0.1) is 18.7 Å². The standard InChI is InChI=1S/C18H22FN3O2/c1-12-2-3-14(8-16(12)19)18-20-17(24-21-18)10-22(15-4-5-15)9-13-6-7-23-11-13/h2-3,8,13,15H,4-7,9-11H2,1H3/t13-/m0/s1. The maximum absolute atomic E-state index is 13.7. The second-order valence-electron chi connectivity index (χ2n) is 6.87. The van der Waals surface area contributed by atoms with E-state index in [-0.39, 0.29) is 5.82 Å². The van der Waals surface area contributed by atoms with Gasteiger partial charge in [-0.05, 0) is 43.7 Å². The summed E-state index contributed by atoms with van der Waals surface area (Å²) in [6, 6.07) is 5.63. The summed E-state index contributed by atoms with van der Waals surface area (Å²) in [5.74, 6) is 1.39. The monoisotopic (exact) mass is 331 g/mol. The quantitative estimate of drug-likeness (QED) is 0.814. The molecule has 0 unspecified atom stereocenters. The molecule has 0 spiro atoms. The molecule has 4 rings (SSSR count). The van der Waals surface area contributed by atoms with Crippen molar-refractivity contribution in [2.75, 3.05) is 19.8 Å². The van der Waals surface area contributed by atoms with Gasteiger partial charge in [0.25, 0.3) is 0 Å². The van der Waals surface area contributed by atoms with Crippen molar-refractivity contribution in [2.45, 2.75) is 38.8 Å². The van der Waals surface area contributed by atoms with E-state index >= 15 is 0 Å². The van der Waals surface area contributed by atoms with E-state index in [1.165, 1.54) is 18.9 Å². The van der Waals surface area contributed by atoms with Gasteiger partial charge in [0.15, 0.2) is 0 Å². The van der Waals surface area contributed by atoms with Crippen LogP contribution in [0.1, 0.15) is 30.7 Å². The lowest BCUT2D eigenvalue weighted by molar-refractivity contribution is 0.153. The van der Waals surface area contributed by atoms with Crippen molar-refractivity contribution in [1.29, 1.82) is 0 Å². The Balaban J connectivity index is 1.45. The van der Waals surface area contributed by atoms with Crippen molar-refractivity contribution in [3.63, 3.8) is 0 Å². The Morgan fingerprint density at radius 2 is 2.17 bits per heavy atom. The molecule has 2 aromatic rings. The topological polar surface area (TPSA) is 51.4 Å². The minimum atomic E-state index is -0.250. The molecule has 1 aromatic carbocycles. The first-order valence-electron chi connectivity index (χ1n) is 8.60. The highest BCUT2D eigenvalue weighted by atomic mass is 19.1. The Kier molecular flexibility index (Phi) is 4.33. The molecule has 2 fully saturated rings. The predicted octanol–water partition coefficient (Wildman–Crippen LogP) is 3.19. The Morgan fingerprint density at radius 3 is 2.88 bits per heavy atom. The van der Waals surface area contributed by atoms with E-state index in [2.05, 4.69) is 15.0 Å². The first-order chi connectivity index (χ1) is 11.7. The number of nitrogens with zero attached hydrogens (tertiary/aromatic N) is 3. The molecule has 0 N–H and O–H groups in total. The lowest BCUT2D eigenvalue weighted by atomic mass is 10.1. The van der Waals surface area contributed by atoms with E-state index in [0.717, 1.165) is 26.2 Å². The smallest absolute Gasteiger partial charge is 0.241 e. The van der Waals surface area contributed by atoms with Crippen LogP contribution >= 0.6 is 0 Å². The normalized spacial score (nSPS) is 20.9. The van der Waals surface area contributed by atoms with E-state index in [0.29, 0.717) is 41.3 Å². The molecule has 1 aliphatic carbocycles. The third kappa shape index (κ3) is 3.49. The molecule has 0 radical (unpaired) electrons.